The van der Waals surface area contributed by atoms with Gasteiger partial charge in [0.25, 0.3) is 0 Å². The average molecular weight is 303 g/mol. The first kappa shape index (κ1) is 15.9. The summed E-state index contributed by atoms with van der Waals surface area (Å²) in [6.07, 6.45) is 2.45. The molecule has 1 amide bonds. The number of carbonyl (C=O) groups is 1. The van der Waals surface area contributed by atoms with Crippen molar-refractivity contribution in [1.82, 2.24) is 9.88 Å². The molecule has 2 rings (SSSR count). The van der Waals surface area contributed by atoms with Crippen molar-refractivity contribution in [2.45, 2.75) is 26.2 Å². The van der Waals surface area contributed by atoms with Crippen molar-refractivity contribution in [2.24, 2.45) is 0 Å². The second-order valence-corrected chi connectivity index (χ2v) is 5.09. The van der Waals surface area contributed by atoms with Crippen LogP contribution < -0.4 is 15.8 Å². The van der Waals surface area contributed by atoms with Gasteiger partial charge in [-0.2, -0.15) is 10.2 Å². The number of hydrogen-bond donors (Lipinski definition) is 2. The molecule has 1 aliphatic rings. The number of nitrogen functional groups attached to an aromatic ring is 1. The zero-order chi connectivity index (χ0) is 15.9. The van der Waals surface area contributed by atoms with Gasteiger partial charge in [-0.3, -0.25) is 4.79 Å². The van der Waals surface area contributed by atoms with E-state index >= 15 is 0 Å². The van der Waals surface area contributed by atoms with E-state index in [4.69, 9.17) is 15.7 Å². The molecule has 7 nitrogen and oxygen atoms in total. The predicted octanol–water partition coefficient (Wildman–Crippen LogP) is 1.36. The number of nitrogens with one attached hydrogen (secondary N) is 1. The lowest BCUT2D eigenvalue weighted by Gasteiger charge is -2.16. The highest BCUT2D eigenvalue weighted by molar-refractivity contribution is 5.78. The number of pyridine rings is 1. The number of carbonyl (C=O) groups excluding carboxylic acids is 1. The van der Waals surface area contributed by atoms with E-state index < -0.39 is 0 Å². The van der Waals surface area contributed by atoms with E-state index in [2.05, 4.69) is 10.3 Å². The molecular formula is C15H21N5O2. The normalized spacial score (nSPS) is 14.0. The van der Waals surface area contributed by atoms with Crippen LogP contribution in [0.15, 0.2) is 6.07 Å². The molecule has 2 heterocycles. The molecule has 1 aliphatic heterocycles. The predicted molar refractivity (Wildman–Crippen MR) is 83.5 cm³/mol. The summed E-state index contributed by atoms with van der Waals surface area (Å²) < 4.78 is 5.34. The molecule has 0 atom stereocenters. The van der Waals surface area contributed by atoms with Crippen LogP contribution in [0.2, 0.25) is 0 Å². The number of rotatable bonds is 7. The minimum absolute atomic E-state index is 0.236. The highest BCUT2D eigenvalue weighted by Gasteiger charge is 2.19. The fourth-order valence-corrected chi connectivity index (χ4v) is 2.41. The SMILES string of the molecule is CCOc1nc(NCCCN2CCCC2=O)cc(N)c1C#N. The Morgan fingerprint density at radius 1 is 1.59 bits per heavy atom. The van der Waals surface area contributed by atoms with E-state index in [0.717, 1.165) is 25.9 Å². The van der Waals surface area contributed by atoms with Crippen LogP contribution in [0.3, 0.4) is 0 Å². The van der Waals surface area contributed by atoms with Crippen molar-refractivity contribution in [2.75, 3.05) is 37.3 Å². The lowest BCUT2D eigenvalue weighted by Crippen LogP contribution is -2.27. The van der Waals surface area contributed by atoms with Gasteiger partial charge >= 0.3 is 0 Å². The summed E-state index contributed by atoms with van der Waals surface area (Å²) in [5.41, 5.74) is 6.45. The Bertz CT molecular complexity index is 582. The number of nitriles is 1. The summed E-state index contributed by atoms with van der Waals surface area (Å²) in [4.78, 5) is 17.6. The maximum absolute atomic E-state index is 11.5. The smallest absolute Gasteiger partial charge is 0.235 e. The summed E-state index contributed by atoms with van der Waals surface area (Å²) in [7, 11) is 0. The largest absolute Gasteiger partial charge is 0.477 e. The van der Waals surface area contributed by atoms with E-state index in [9.17, 15) is 4.79 Å². The molecule has 3 N–H and O–H groups in total. The van der Waals surface area contributed by atoms with Gasteiger partial charge in [-0.25, -0.2) is 0 Å². The Balaban J connectivity index is 1.89. The molecule has 118 valence electrons. The van der Waals surface area contributed by atoms with Gasteiger partial charge in [-0.05, 0) is 19.8 Å². The molecule has 7 heteroatoms. The second kappa shape index (κ2) is 7.50. The molecule has 0 unspecified atom stereocenters. The molecule has 0 spiro atoms. The van der Waals surface area contributed by atoms with Gasteiger partial charge in [0.15, 0.2) is 0 Å². The van der Waals surface area contributed by atoms with Crippen molar-refractivity contribution in [1.29, 1.82) is 5.26 Å². The van der Waals surface area contributed by atoms with Crippen LogP contribution in [0, 0.1) is 11.3 Å². The maximum Gasteiger partial charge on any atom is 0.235 e. The maximum atomic E-state index is 11.5. The number of nitrogens with two attached hydrogens (primary N) is 1. The molecule has 1 saturated heterocycles. The van der Waals surface area contributed by atoms with Gasteiger partial charge in [0.2, 0.25) is 11.8 Å². The van der Waals surface area contributed by atoms with Crippen molar-refractivity contribution in [3.8, 4) is 11.9 Å². The monoisotopic (exact) mass is 303 g/mol. The molecule has 0 saturated carbocycles. The quantitative estimate of drug-likeness (QED) is 0.737. The third kappa shape index (κ3) is 3.79. The molecule has 0 aliphatic carbocycles. The molecule has 0 aromatic carbocycles. The number of nitrogens with zero attached hydrogens (tertiary/aromatic N) is 3. The van der Waals surface area contributed by atoms with E-state index in [0.29, 0.717) is 31.1 Å². The fourth-order valence-electron chi connectivity index (χ4n) is 2.41. The number of anilines is 2. The zero-order valence-corrected chi connectivity index (χ0v) is 12.8. The third-order valence-corrected chi connectivity index (χ3v) is 3.49. The Labute approximate surface area is 130 Å². The van der Waals surface area contributed by atoms with E-state index in [1.54, 1.807) is 6.07 Å². The van der Waals surface area contributed by atoms with Crippen molar-refractivity contribution < 1.29 is 9.53 Å². The van der Waals surface area contributed by atoms with Crippen LogP contribution in [0.1, 0.15) is 31.7 Å². The number of ether oxygens (including phenoxy) is 1. The summed E-state index contributed by atoms with van der Waals surface area (Å²) in [5, 5.41) is 12.2. The third-order valence-electron chi connectivity index (χ3n) is 3.49. The highest BCUT2D eigenvalue weighted by Crippen LogP contribution is 2.25. The number of amides is 1. The van der Waals surface area contributed by atoms with Gasteiger partial charge in [0, 0.05) is 32.1 Å². The van der Waals surface area contributed by atoms with Crippen molar-refractivity contribution >= 4 is 17.4 Å². The standard InChI is InChI=1S/C15H21N5O2/c1-2-22-15-11(10-16)12(17)9-13(19-15)18-6-4-8-20-7-3-5-14(20)21/h9H,2-8H2,1H3,(H3,17,18,19). The number of aromatic nitrogens is 1. The van der Waals surface area contributed by atoms with Crippen LogP contribution in [0.5, 0.6) is 5.88 Å². The molecular weight excluding hydrogens is 282 g/mol. The van der Waals surface area contributed by atoms with Crippen LogP contribution in [-0.2, 0) is 4.79 Å². The lowest BCUT2D eigenvalue weighted by atomic mass is 10.2. The number of hydrogen-bond acceptors (Lipinski definition) is 6. The molecule has 22 heavy (non-hydrogen) atoms. The summed E-state index contributed by atoms with van der Waals surface area (Å²) >= 11 is 0. The molecule has 0 radical (unpaired) electrons. The van der Waals surface area contributed by atoms with E-state index in [-0.39, 0.29) is 17.4 Å². The Hall–Kier alpha value is -2.49. The topological polar surface area (TPSA) is 104 Å². The summed E-state index contributed by atoms with van der Waals surface area (Å²) in [6, 6.07) is 3.63. The Kier molecular flexibility index (Phi) is 5.42. The van der Waals surface area contributed by atoms with E-state index in [1.165, 1.54) is 0 Å². The van der Waals surface area contributed by atoms with Gasteiger partial charge in [-0.15, -0.1) is 0 Å². The van der Waals surface area contributed by atoms with Crippen LogP contribution in [0.25, 0.3) is 0 Å². The Morgan fingerprint density at radius 3 is 3.05 bits per heavy atom. The molecule has 1 aromatic heterocycles. The van der Waals surface area contributed by atoms with E-state index in [1.807, 2.05) is 17.9 Å². The Morgan fingerprint density at radius 2 is 2.41 bits per heavy atom. The minimum Gasteiger partial charge on any atom is -0.477 e. The first-order valence-corrected chi connectivity index (χ1v) is 7.50. The second-order valence-electron chi connectivity index (χ2n) is 5.09. The number of likely N-dealkylation sites (tertiary alicyclic amines) is 1. The van der Waals surface area contributed by atoms with Crippen molar-refractivity contribution in [3.05, 3.63) is 11.6 Å². The first-order valence-electron chi connectivity index (χ1n) is 7.50. The van der Waals surface area contributed by atoms with Gasteiger partial charge in [0.05, 0.1) is 12.3 Å². The van der Waals surface area contributed by atoms with Crippen molar-refractivity contribution in [3.63, 3.8) is 0 Å². The van der Waals surface area contributed by atoms with Crippen LogP contribution in [-0.4, -0.2) is 42.0 Å². The summed E-state index contributed by atoms with van der Waals surface area (Å²) in [6.45, 7) is 4.52. The van der Waals surface area contributed by atoms with Crippen LogP contribution in [0.4, 0.5) is 11.5 Å². The highest BCUT2D eigenvalue weighted by atomic mass is 16.5. The van der Waals surface area contributed by atoms with Crippen LogP contribution >= 0.6 is 0 Å². The van der Waals surface area contributed by atoms with Gasteiger partial charge in [0.1, 0.15) is 17.5 Å². The first-order chi connectivity index (χ1) is 10.7. The average Bonchev–Trinajstić information content (AvgIpc) is 2.89. The van der Waals surface area contributed by atoms with Gasteiger partial charge in [-0.1, -0.05) is 0 Å². The minimum atomic E-state index is 0.236. The molecule has 1 aromatic rings. The molecule has 0 bridgehead atoms. The fraction of sp³-hybridized carbons (Fsp3) is 0.533. The molecule has 1 fully saturated rings. The zero-order valence-electron chi connectivity index (χ0n) is 12.8. The van der Waals surface area contributed by atoms with Gasteiger partial charge < -0.3 is 20.7 Å². The lowest BCUT2D eigenvalue weighted by molar-refractivity contribution is -0.127. The summed E-state index contributed by atoms with van der Waals surface area (Å²) in [5.74, 6) is 1.06.